The zero-order chi connectivity index (χ0) is 12.6. The van der Waals surface area contributed by atoms with E-state index in [1.807, 2.05) is 6.07 Å². The van der Waals surface area contributed by atoms with Crippen molar-refractivity contribution in [3.63, 3.8) is 0 Å². The molecule has 0 fully saturated rings. The Hall–Kier alpha value is -0.420. The van der Waals surface area contributed by atoms with Gasteiger partial charge in [0, 0.05) is 13.0 Å². The summed E-state index contributed by atoms with van der Waals surface area (Å²) in [5.41, 5.74) is 0.774. The van der Waals surface area contributed by atoms with Crippen molar-refractivity contribution < 1.29 is 9.47 Å². The minimum absolute atomic E-state index is 0.172. The van der Waals surface area contributed by atoms with Crippen LogP contribution < -0.4 is 14.8 Å². The van der Waals surface area contributed by atoms with Gasteiger partial charge in [-0.25, -0.2) is 0 Å². The molecule has 17 heavy (non-hydrogen) atoms. The zero-order valence-electron chi connectivity index (χ0n) is 10.1. The molecule has 0 unspecified atom stereocenters. The van der Waals surface area contributed by atoms with E-state index in [1.54, 1.807) is 7.11 Å². The molecule has 5 heteroatoms. The predicted octanol–water partition coefficient (Wildman–Crippen LogP) is 4.19. The Morgan fingerprint density at radius 3 is 2.76 bits per heavy atom. The highest BCUT2D eigenvalue weighted by Gasteiger charge is 2.28. The smallest absolute Gasteiger partial charge is 0.158 e. The molecule has 0 saturated carbocycles. The van der Waals surface area contributed by atoms with E-state index in [0.29, 0.717) is 0 Å². The minimum Gasteiger partial charge on any atom is -0.495 e. The van der Waals surface area contributed by atoms with Gasteiger partial charge in [0.05, 0.1) is 21.7 Å². The molecule has 0 bridgehead atoms. The largest absolute Gasteiger partial charge is 0.495 e. The number of benzene rings is 1. The minimum atomic E-state index is -0.172. The van der Waals surface area contributed by atoms with E-state index in [1.165, 1.54) is 0 Å². The van der Waals surface area contributed by atoms with Gasteiger partial charge in [-0.1, -0.05) is 0 Å². The number of methoxy groups -OCH3 is 1. The standard InChI is InChI=1S/C12H15Br2NO2/c1-12(2)4-5-15-10-9(14)8(16-3)6-7(13)11(10)17-12/h6,15H,4-5H2,1-3H3. The van der Waals surface area contributed by atoms with Gasteiger partial charge in [-0.3, -0.25) is 0 Å². The first-order valence-electron chi connectivity index (χ1n) is 5.43. The lowest BCUT2D eigenvalue weighted by molar-refractivity contribution is 0.107. The second-order valence-corrected chi connectivity index (χ2v) is 6.26. The molecule has 0 aliphatic carbocycles. The van der Waals surface area contributed by atoms with Crippen LogP contribution in [-0.4, -0.2) is 19.3 Å². The highest BCUT2D eigenvalue weighted by atomic mass is 79.9. The van der Waals surface area contributed by atoms with Gasteiger partial charge in [-0.05, 0) is 51.8 Å². The van der Waals surface area contributed by atoms with E-state index in [2.05, 4.69) is 51.0 Å². The Bertz CT molecular complexity index is 447. The molecular formula is C12H15Br2NO2. The topological polar surface area (TPSA) is 30.5 Å². The first kappa shape index (κ1) is 13.0. The van der Waals surface area contributed by atoms with Crippen LogP contribution in [0.2, 0.25) is 0 Å². The quantitative estimate of drug-likeness (QED) is 0.810. The van der Waals surface area contributed by atoms with Crippen LogP contribution in [-0.2, 0) is 0 Å². The summed E-state index contributed by atoms with van der Waals surface area (Å²) in [6.45, 7) is 5.06. The molecule has 1 aliphatic rings. The summed E-state index contributed by atoms with van der Waals surface area (Å²) in [6.07, 6.45) is 0.947. The Labute approximate surface area is 118 Å². The fraction of sp³-hybridized carbons (Fsp3) is 0.500. The number of fused-ring (bicyclic) bond motifs is 1. The van der Waals surface area contributed by atoms with Crippen LogP contribution in [0, 0.1) is 0 Å². The van der Waals surface area contributed by atoms with Crippen molar-refractivity contribution in [2.45, 2.75) is 25.9 Å². The average molecular weight is 365 g/mol. The van der Waals surface area contributed by atoms with Gasteiger partial charge >= 0.3 is 0 Å². The van der Waals surface area contributed by atoms with Crippen LogP contribution in [0.3, 0.4) is 0 Å². The molecule has 1 heterocycles. The summed E-state index contributed by atoms with van der Waals surface area (Å²) in [5, 5.41) is 3.38. The molecule has 94 valence electrons. The van der Waals surface area contributed by atoms with Gasteiger partial charge in [-0.2, -0.15) is 0 Å². The van der Waals surface area contributed by atoms with Crippen molar-refractivity contribution >= 4 is 37.5 Å². The van der Waals surface area contributed by atoms with Crippen molar-refractivity contribution in [1.82, 2.24) is 0 Å². The number of hydrogen-bond donors (Lipinski definition) is 1. The molecule has 0 saturated heterocycles. The molecule has 3 nitrogen and oxygen atoms in total. The summed E-state index contributed by atoms with van der Waals surface area (Å²) in [5.74, 6) is 1.62. The Kier molecular flexibility index (Phi) is 3.59. The van der Waals surface area contributed by atoms with Gasteiger partial charge in [0.1, 0.15) is 11.4 Å². The van der Waals surface area contributed by atoms with Crippen molar-refractivity contribution in [2.24, 2.45) is 0 Å². The summed E-state index contributed by atoms with van der Waals surface area (Å²) in [6, 6.07) is 1.91. The van der Waals surface area contributed by atoms with Crippen LogP contribution >= 0.6 is 31.9 Å². The third kappa shape index (κ3) is 2.55. The molecule has 1 N–H and O–H groups in total. The molecule has 1 aromatic rings. The first-order chi connectivity index (χ1) is 7.94. The second-order valence-electron chi connectivity index (χ2n) is 4.62. The average Bonchev–Trinajstić information content (AvgIpc) is 2.42. The SMILES string of the molecule is COc1cc(Br)c2c(c1Br)NCCC(C)(C)O2. The summed E-state index contributed by atoms with van der Waals surface area (Å²) >= 11 is 7.07. The van der Waals surface area contributed by atoms with E-state index >= 15 is 0 Å². The van der Waals surface area contributed by atoms with E-state index in [9.17, 15) is 0 Å². The van der Waals surface area contributed by atoms with Crippen molar-refractivity contribution in [3.05, 3.63) is 15.0 Å². The lowest BCUT2D eigenvalue weighted by atomic mass is 10.1. The van der Waals surface area contributed by atoms with E-state index in [0.717, 1.165) is 39.1 Å². The maximum Gasteiger partial charge on any atom is 0.158 e. The zero-order valence-corrected chi connectivity index (χ0v) is 13.2. The monoisotopic (exact) mass is 363 g/mol. The number of hydrogen-bond acceptors (Lipinski definition) is 3. The van der Waals surface area contributed by atoms with Crippen LogP contribution in [0.1, 0.15) is 20.3 Å². The lowest BCUT2D eigenvalue weighted by Gasteiger charge is -2.25. The molecule has 1 aliphatic heterocycles. The van der Waals surface area contributed by atoms with Crippen molar-refractivity contribution in [1.29, 1.82) is 0 Å². The van der Waals surface area contributed by atoms with Gasteiger partial charge in [0.25, 0.3) is 0 Å². The van der Waals surface area contributed by atoms with Crippen LogP contribution in [0.25, 0.3) is 0 Å². The normalized spacial score (nSPS) is 17.5. The predicted molar refractivity (Wildman–Crippen MR) is 76.2 cm³/mol. The van der Waals surface area contributed by atoms with Gasteiger partial charge in [0.2, 0.25) is 0 Å². The van der Waals surface area contributed by atoms with Gasteiger partial charge < -0.3 is 14.8 Å². The summed E-state index contributed by atoms with van der Waals surface area (Å²) < 4.78 is 13.2. The van der Waals surface area contributed by atoms with Gasteiger partial charge in [-0.15, -0.1) is 0 Å². The molecule has 0 radical (unpaired) electrons. The molecule has 0 spiro atoms. The highest BCUT2D eigenvalue weighted by molar-refractivity contribution is 9.11. The maximum absolute atomic E-state index is 6.06. The van der Waals surface area contributed by atoms with Crippen molar-refractivity contribution in [2.75, 3.05) is 19.0 Å². The number of ether oxygens (including phenoxy) is 2. The van der Waals surface area contributed by atoms with Crippen LogP contribution in [0.5, 0.6) is 11.5 Å². The fourth-order valence-corrected chi connectivity index (χ4v) is 2.89. The van der Waals surface area contributed by atoms with E-state index < -0.39 is 0 Å². The van der Waals surface area contributed by atoms with Crippen molar-refractivity contribution in [3.8, 4) is 11.5 Å². The Morgan fingerprint density at radius 2 is 2.12 bits per heavy atom. The van der Waals surface area contributed by atoms with E-state index in [4.69, 9.17) is 9.47 Å². The molecular weight excluding hydrogens is 350 g/mol. The number of anilines is 1. The molecule has 0 aromatic heterocycles. The van der Waals surface area contributed by atoms with Gasteiger partial charge in [0.15, 0.2) is 5.75 Å². The number of halogens is 2. The number of rotatable bonds is 1. The lowest BCUT2D eigenvalue weighted by Crippen LogP contribution is -2.28. The molecule has 0 amide bonds. The number of nitrogens with one attached hydrogen (secondary N) is 1. The summed E-state index contributed by atoms with van der Waals surface area (Å²) in [4.78, 5) is 0. The first-order valence-corrected chi connectivity index (χ1v) is 7.02. The van der Waals surface area contributed by atoms with E-state index in [-0.39, 0.29) is 5.60 Å². The highest BCUT2D eigenvalue weighted by Crippen LogP contribution is 2.47. The Morgan fingerprint density at radius 1 is 1.41 bits per heavy atom. The molecule has 1 aromatic carbocycles. The fourth-order valence-electron chi connectivity index (χ4n) is 1.81. The van der Waals surface area contributed by atoms with Crippen LogP contribution in [0.15, 0.2) is 15.0 Å². The Balaban J connectivity index is 2.56. The molecule has 0 atom stereocenters. The van der Waals surface area contributed by atoms with Crippen LogP contribution in [0.4, 0.5) is 5.69 Å². The molecule has 2 rings (SSSR count). The third-order valence-electron chi connectivity index (χ3n) is 2.76. The summed E-state index contributed by atoms with van der Waals surface area (Å²) in [7, 11) is 1.65. The second kappa shape index (κ2) is 4.69. The maximum atomic E-state index is 6.06. The third-order valence-corrected chi connectivity index (χ3v) is 4.14.